The molecule has 2 rings (SSSR count). The van der Waals surface area contributed by atoms with Crippen LogP contribution in [0.15, 0.2) is 28.6 Å². The number of benzene rings is 1. The predicted octanol–water partition coefficient (Wildman–Crippen LogP) is 4.03. The van der Waals surface area contributed by atoms with E-state index in [2.05, 4.69) is 11.9 Å². The van der Waals surface area contributed by atoms with E-state index < -0.39 is 0 Å². The lowest BCUT2D eigenvalue weighted by molar-refractivity contribution is 0.628. The van der Waals surface area contributed by atoms with Gasteiger partial charge in [-0.3, -0.25) is 0 Å². The number of aromatic nitrogens is 1. The number of nitrogens with two attached hydrogens (primary N) is 1. The van der Waals surface area contributed by atoms with Crippen molar-refractivity contribution in [1.82, 2.24) is 4.98 Å². The Morgan fingerprint density at radius 1 is 1.35 bits per heavy atom. The molecule has 0 amide bonds. The molecule has 0 spiro atoms. The summed E-state index contributed by atoms with van der Waals surface area (Å²) in [5.41, 5.74) is 7.55. The molecule has 0 aliphatic carbocycles. The second-order valence-corrected chi connectivity index (χ2v) is 5.92. The first-order chi connectivity index (χ1) is 8.20. The van der Waals surface area contributed by atoms with E-state index in [9.17, 15) is 4.39 Å². The molecule has 0 atom stereocenters. The van der Waals surface area contributed by atoms with E-state index in [1.54, 1.807) is 23.9 Å². The summed E-state index contributed by atoms with van der Waals surface area (Å²) in [6, 6.07) is 6.25. The van der Waals surface area contributed by atoms with Crippen LogP contribution in [-0.2, 0) is 0 Å². The minimum atomic E-state index is -0.247. The molecule has 90 valence electrons. The number of thiazole rings is 1. The van der Waals surface area contributed by atoms with Crippen molar-refractivity contribution in [3.05, 3.63) is 30.1 Å². The molecule has 0 saturated heterocycles. The quantitative estimate of drug-likeness (QED) is 0.851. The number of hydrogen-bond donors (Lipinski definition) is 1. The van der Waals surface area contributed by atoms with E-state index in [1.165, 1.54) is 23.5 Å². The Hall–Kier alpha value is -1.07. The Balaban J connectivity index is 2.26. The average molecular weight is 268 g/mol. The molecule has 1 aromatic heterocycles. The Morgan fingerprint density at radius 2 is 2.06 bits per heavy atom. The van der Waals surface area contributed by atoms with Gasteiger partial charge in [-0.1, -0.05) is 30.0 Å². The average Bonchev–Trinajstić information content (AvgIpc) is 2.69. The van der Waals surface area contributed by atoms with Gasteiger partial charge in [0.1, 0.15) is 16.5 Å². The van der Waals surface area contributed by atoms with E-state index in [1.807, 2.05) is 0 Å². The summed E-state index contributed by atoms with van der Waals surface area (Å²) < 4.78 is 13.8. The summed E-state index contributed by atoms with van der Waals surface area (Å²) in [7, 11) is 0. The predicted molar refractivity (Wildman–Crippen MR) is 72.9 cm³/mol. The van der Waals surface area contributed by atoms with Gasteiger partial charge in [-0.15, -0.1) is 0 Å². The molecule has 5 heteroatoms. The number of nitrogens with zero attached hydrogens (tertiary/aromatic N) is 1. The monoisotopic (exact) mass is 268 g/mol. The fraction of sp³-hybridized carbons (Fsp3) is 0.250. The van der Waals surface area contributed by atoms with Crippen LogP contribution >= 0.6 is 23.1 Å². The van der Waals surface area contributed by atoms with Gasteiger partial charge in [0.2, 0.25) is 0 Å². The molecule has 17 heavy (non-hydrogen) atoms. The van der Waals surface area contributed by atoms with Gasteiger partial charge in [0.05, 0.1) is 0 Å². The van der Waals surface area contributed by atoms with Crippen LogP contribution in [0.2, 0.25) is 0 Å². The van der Waals surface area contributed by atoms with Crippen molar-refractivity contribution in [3.8, 4) is 11.3 Å². The van der Waals surface area contributed by atoms with E-state index in [-0.39, 0.29) is 5.82 Å². The topological polar surface area (TPSA) is 38.9 Å². The minimum Gasteiger partial charge on any atom is -0.389 e. The number of anilines is 1. The maximum atomic E-state index is 12.8. The Kier molecular flexibility index (Phi) is 4.02. The summed E-state index contributed by atoms with van der Waals surface area (Å²) in [6.07, 6.45) is 1.11. The fourth-order valence-corrected chi connectivity index (χ4v) is 3.25. The molecular weight excluding hydrogens is 255 g/mol. The third-order valence-corrected chi connectivity index (χ3v) is 4.41. The third kappa shape index (κ3) is 2.98. The lowest BCUT2D eigenvalue weighted by atomic mass is 10.2. The zero-order chi connectivity index (χ0) is 12.3. The number of nitrogen functional groups attached to an aromatic ring is 1. The third-order valence-electron chi connectivity index (χ3n) is 2.18. The molecule has 1 heterocycles. The Labute approximate surface area is 108 Å². The lowest BCUT2D eigenvalue weighted by Crippen LogP contribution is -1.86. The largest absolute Gasteiger partial charge is 0.389 e. The van der Waals surface area contributed by atoms with Crippen LogP contribution in [0.3, 0.4) is 0 Å². The van der Waals surface area contributed by atoms with Gasteiger partial charge in [0, 0.05) is 11.3 Å². The van der Waals surface area contributed by atoms with Crippen molar-refractivity contribution < 1.29 is 4.39 Å². The van der Waals surface area contributed by atoms with Crippen molar-refractivity contribution in [2.24, 2.45) is 0 Å². The SMILES string of the molecule is CCCSc1nc(-c2ccc(F)cc2)c(N)s1. The Morgan fingerprint density at radius 3 is 2.71 bits per heavy atom. The first-order valence-corrected chi connectivity index (χ1v) is 7.16. The summed E-state index contributed by atoms with van der Waals surface area (Å²) in [5, 5.41) is 0.690. The summed E-state index contributed by atoms with van der Waals surface area (Å²) >= 11 is 3.20. The standard InChI is InChI=1S/C12H13FN2S2/c1-2-7-16-12-15-10(11(14)17-12)8-3-5-9(13)6-4-8/h3-6H,2,7,14H2,1H3. The van der Waals surface area contributed by atoms with Crippen LogP contribution in [-0.4, -0.2) is 10.7 Å². The molecular formula is C12H13FN2S2. The highest BCUT2D eigenvalue weighted by Crippen LogP contribution is 2.35. The fourth-order valence-electron chi connectivity index (χ4n) is 1.38. The van der Waals surface area contributed by atoms with Gasteiger partial charge in [-0.25, -0.2) is 9.37 Å². The lowest BCUT2D eigenvalue weighted by Gasteiger charge is -1.97. The Bertz CT molecular complexity index is 494. The van der Waals surface area contributed by atoms with E-state index >= 15 is 0 Å². The molecule has 0 radical (unpaired) electrons. The minimum absolute atomic E-state index is 0.247. The molecule has 2 aromatic rings. The van der Waals surface area contributed by atoms with Gasteiger partial charge in [0.25, 0.3) is 0 Å². The summed E-state index contributed by atoms with van der Waals surface area (Å²) in [6.45, 7) is 2.13. The van der Waals surface area contributed by atoms with Gasteiger partial charge >= 0.3 is 0 Å². The molecule has 0 fully saturated rings. The zero-order valence-electron chi connectivity index (χ0n) is 9.44. The molecule has 0 unspecified atom stereocenters. The van der Waals surface area contributed by atoms with Gasteiger partial charge < -0.3 is 5.73 Å². The van der Waals surface area contributed by atoms with Crippen molar-refractivity contribution >= 4 is 28.1 Å². The second-order valence-electron chi connectivity index (χ2n) is 3.55. The van der Waals surface area contributed by atoms with Crippen molar-refractivity contribution in [1.29, 1.82) is 0 Å². The van der Waals surface area contributed by atoms with Crippen molar-refractivity contribution in [3.63, 3.8) is 0 Å². The normalized spacial score (nSPS) is 10.7. The van der Waals surface area contributed by atoms with Crippen LogP contribution in [0.5, 0.6) is 0 Å². The van der Waals surface area contributed by atoms with Crippen molar-refractivity contribution in [2.75, 3.05) is 11.5 Å². The first-order valence-electron chi connectivity index (χ1n) is 5.35. The van der Waals surface area contributed by atoms with E-state index in [0.29, 0.717) is 5.00 Å². The maximum Gasteiger partial charge on any atom is 0.152 e. The highest BCUT2D eigenvalue weighted by atomic mass is 32.2. The number of hydrogen-bond acceptors (Lipinski definition) is 4. The zero-order valence-corrected chi connectivity index (χ0v) is 11.1. The van der Waals surface area contributed by atoms with E-state index in [4.69, 9.17) is 5.73 Å². The van der Waals surface area contributed by atoms with Crippen LogP contribution in [0.1, 0.15) is 13.3 Å². The highest BCUT2D eigenvalue weighted by Gasteiger charge is 2.10. The maximum absolute atomic E-state index is 12.8. The van der Waals surface area contributed by atoms with Gasteiger partial charge in [0.15, 0.2) is 4.34 Å². The molecule has 0 aliphatic rings. The van der Waals surface area contributed by atoms with Crippen molar-refractivity contribution in [2.45, 2.75) is 17.7 Å². The van der Waals surface area contributed by atoms with Crippen LogP contribution in [0.4, 0.5) is 9.39 Å². The molecule has 0 bridgehead atoms. The molecule has 2 nitrogen and oxygen atoms in total. The summed E-state index contributed by atoms with van der Waals surface area (Å²) in [4.78, 5) is 4.48. The number of rotatable bonds is 4. The summed E-state index contributed by atoms with van der Waals surface area (Å²) in [5.74, 6) is 0.790. The first kappa shape index (κ1) is 12.4. The second kappa shape index (κ2) is 5.51. The smallest absolute Gasteiger partial charge is 0.152 e. The highest BCUT2D eigenvalue weighted by molar-refractivity contribution is 8.01. The number of thioether (sulfide) groups is 1. The molecule has 2 N–H and O–H groups in total. The van der Waals surface area contributed by atoms with Crippen LogP contribution in [0.25, 0.3) is 11.3 Å². The van der Waals surface area contributed by atoms with E-state index in [0.717, 1.165) is 27.8 Å². The molecule has 0 saturated carbocycles. The molecule has 1 aromatic carbocycles. The van der Waals surface area contributed by atoms with Crippen LogP contribution in [0, 0.1) is 5.82 Å². The van der Waals surface area contributed by atoms with Gasteiger partial charge in [-0.2, -0.15) is 0 Å². The van der Waals surface area contributed by atoms with Gasteiger partial charge in [-0.05, 0) is 30.7 Å². The van der Waals surface area contributed by atoms with Crippen LogP contribution < -0.4 is 5.73 Å². The number of halogens is 1. The molecule has 0 aliphatic heterocycles.